The van der Waals surface area contributed by atoms with E-state index in [2.05, 4.69) is 16.0 Å². The molecule has 1 aromatic carbocycles. The molecule has 0 radical (unpaired) electrons. The second-order valence-corrected chi connectivity index (χ2v) is 4.34. The Morgan fingerprint density at radius 1 is 1.45 bits per heavy atom. The topological polar surface area (TPSA) is 73.5 Å². The van der Waals surface area contributed by atoms with Crippen LogP contribution in [0.15, 0.2) is 24.3 Å². The van der Waals surface area contributed by atoms with Crippen LogP contribution in [-0.4, -0.2) is 38.6 Å². The van der Waals surface area contributed by atoms with E-state index in [1.807, 2.05) is 24.3 Å². The van der Waals surface area contributed by atoms with Crippen LogP contribution in [0.3, 0.4) is 0 Å². The molecule has 1 aromatic rings. The lowest BCUT2D eigenvalue weighted by Crippen LogP contribution is -2.27. The Hall–Kier alpha value is -1.79. The Labute approximate surface area is 124 Å². The van der Waals surface area contributed by atoms with Crippen LogP contribution in [0.1, 0.15) is 6.42 Å². The number of carbonyl (C=O) groups is 2. The molecule has 20 heavy (non-hydrogen) atoms. The van der Waals surface area contributed by atoms with Gasteiger partial charge in [-0.2, -0.15) is 0 Å². The van der Waals surface area contributed by atoms with Crippen molar-refractivity contribution in [3.63, 3.8) is 0 Å². The van der Waals surface area contributed by atoms with Crippen LogP contribution < -0.4 is 20.9 Å². The van der Waals surface area contributed by atoms with Crippen LogP contribution in [-0.2, 0) is 4.79 Å². The Morgan fingerprint density at radius 2 is 2.25 bits per heavy atom. The Bertz CT molecular complexity index is 481. The van der Waals surface area contributed by atoms with E-state index in [0.717, 1.165) is 5.69 Å². The summed E-state index contributed by atoms with van der Waals surface area (Å²) in [6.07, 6.45) is 0.422. The van der Waals surface area contributed by atoms with Gasteiger partial charge in [0.05, 0.1) is 0 Å². The molecule has 3 N–H and O–H groups in total. The summed E-state index contributed by atoms with van der Waals surface area (Å²) in [4.78, 5) is 24.8. The fourth-order valence-corrected chi connectivity index (χ4v) is 1.93. The third-order valence-electron chi connectivity index (χ3n) is 2.90. The van der Waals surface area contributed by atoms with Gasteiger partial charge in [0.25, 0.3) is 0 Å². The molecule has 0 aliphatic carbocycles. The summed E-state index contributed by atoms with van der Waals surface area (Å²) >= 11 is 0. The Morgan fingerprint density at radius 3 is 2.90 bits per heavy atom. The molecule has 2 rings (SSSR count). The van der Waals surface area contributed by atoms with Crippen molar-refractivity contribution in [2.24, 2.45) is 0 Å². The van der Waals surface area contributed by atoms with Crippen molar-refractivity contribution in [1.29, 1.82) is 0 Å². The van der Waals surface area contributed by atoms with Gasteiger partial charge in [-0.3, -0.25) is 9.69 Å². The minimum absolute atomic E-state index is 0. The lowest BCUT2D eigenvalue weighted by Gasteiger charge is -2.15. The SMILES string of the molecule is CNCCC(=O)Nc1cccc(N2CCNC2=O)c1.Cl. The molecular formula is C13H19ClN4O2. The number of urea groups is 1. The molecule has 110 valence electrons. The van der Waals surface area contributed by atoms with Crippen molar-refractivity contribution in [3.05, 3.63) is 24.3 Å². The van der Waals surface area contributed by atoms with E-state index < -0.39 is 0 Å². The summed E-state index contributed by atoms with van der Waals surface area (Å²) in [6, 6.07) is 7.21. The van der Waals surface area contributed by atoms with Gasteiger partial charge in [-0.05, 0) is 25.2 Å². The summed E-state index contributed by atoms with van der Waals surface area (Å²) in [5.74, 6) is -0.0441. The largest absolute Gasteiger partial charge is 0.336 e. The van der Waals surface area contributed by atoms with Gasteiger partial charge >= 0.3 is 6.03 Å². The second kappa shape index (κ2) is 7.72. The number of amides is 3. The number of carbonyl (C=O) groups excluding carboxylic acids is 2. The van der Waals surface area contributed by atoms with E-state index in [1.54, 1.807) is 11.9 Å². The highest BCUT2D eigenvalue weighted by Gasteiger charge is 2.21. The van der Waals surface area contributed by atoms with Crippen LogP contribution in [0.25, 0.3) is 0 Å². The van der Waals surface area contributed by atoms with Gasteiger partial charge in [-0.25, -0.2) is 4.79 Å². The molecule has 0 spiro atoms. The number of anilines is 2. The maximum absolute atomic E-state index is 11.6. The highest BCUT2D eigenvalue weighted by Crippen LogP contribution is 2.20. The molecule has 7 heteroatoms. The Balaban J connectivity index is 0.00000200. The first-order chi connectivity index (χ1) is 9.20. The van der Waals surface area contributed by atoms with Gasteiger partial charge in [-0.1, -0.05) is 6.07 Å². The fraction of sp³-hybridized carbons (Fsp3) is 0.385. The first kappa shape index (κ1) is 16.3. The van der Waals surface area contributed by atoms with E-state index in [-0.39, 0.29) is 24.3 Å². The van der Waals surface area contributed by atoms with Crippen LogP contribution in [0, 0.1) is 0 Å². The molecule has 1 heterocycles. The summed E-state index contributed by atoms with van der Waals surface area (Å²) in [6.45, 7) is 1.94. The average Bonchev–Trinajstić information content (AvgIpc) is 2.83. The van der Waals surface area contributed by atoms with Crippen molar-refractivity contribution in [1.82, 2.24) is 10.6 Å². The zero-order chi connectivity index (χ0) is 13.7. The number of hydrogen-bond acceptors (Lipinski definition) is 3. The van der Waals surface area contributed by atoms with Crippen molar-refractivity contribution < 1.29 is 9.59 Å². The van der Waals surface area contributed by atoms with E-state index in [1.165, 1.54) is 0 Å². The van der Waals surface area contributed by atoms with Gasteiger partial charge in [0.2, 0.25) is 5.91 Å². The molecule has 0 atom stereocenters. The Kier molecular flexibility index (Phi) is 6.27. The van der Waals surface area contributed by atoms with E-state index in [4.69, 9.17) is 0 Å². The van der Waals surface area contributed by atoms with Crippen molar-refractivity contribution in [3.8, 4) is 0 Å². The van der Waals surface area contributed by atoms with E-state index >= 15 is 0 Å². The highest BCUT2D eigenvalue weighted by atomic mass is 35.5. The number of hydrogen-bond donors (Lipinski definition) is 3. The third-order valence-corrected chi connectivity index (χ3v) is 2.90. The fourth-order valence-electron chi connectivity index (χ4n) is 1.93. The quantitative estimate of drug-likeness (QED) is 0.764. The van der Waals surface area contributed by atoms with E-state index in [0.29, 0.717) is 31.7 Å². The van der Waals surface area contributed by atoms with Crippen LogP contribution >= 0.6 is 12.4 Å². The lowest BCUT2D eigenvalue weighted by molar-refractivity contribution is -0.116. The molecule has 3 amide bonds. The maximum Gasteiger partial charge on any atom is 0.321 e. The molecule has 0 unspecified atom stereocenters. The van der Waals surface area contributed by atoms with Crippen molar-refractivity contribution in [2.75, 3.05) is 36.9 Å². The van der Waals surface area contributed by atoms with E-state index in [9.17, 15) is 9.59 Å². The normalized spacial score (nSPS) is 13.7. The van der Waals surface area contributed by atoms with Crippen molar-refractivity contribution in [2.45, 2.75) is 6.42 Å². The van der Waals surface area contributed by atoms with Gasteiger partial charge in [0, 0.05) is 37.4 Å². The van der Waals surface area contributed by atoms with Gasteiger partial charge in [0.1, 0.15) is 0 Å². The first-order valence-electron chi connectivity index (χ1n) is 6.30. The number of rotatable bonds is 5. The molecule has 1 fully saturated rings. The zero-order valence-electron chi connectivity index (χ0n) is 11.3. The molecule has 1 saturated heterocycles. The third kappa shape index (κ3) is 4.11. The predicted octanol–water partition coefficient (Wildman–Crippen LogP) is 1.19. The lowest BCUT2D eigenvalue weighted by atomic mass is 10.2. The maximum atomic E-state index is 11.6. The summed E-state index contributed by atoms with van der Waals surface area (Å²) < 4.78 is 0. The number of nitrogens with zero attached hydrogens (tertiary/aromatic N) is 1. The highest BCUT2D eigenvalue weighted by molar-refractivity contribution is 5.96. The molecule has 0 bridgehead atoms. The minimum atomic E-state index is -0.0985. The standard InChI is InChI=1S/C13H18N4O2.ClH/c1-14-6-5-12(18)16-10-3-2-4-11(9-10)17-8-7-15-13(17)19;/h2-4,9,14H,5-8H2,1H3,(H,15,19)(H,16,18);1H. The zero-order valence-corrected chi connectivity index (χ0v) is 12.1. The average molecular weight is 299 g/mol. The molecule has 6 nitrogen and oxygen atoms in total. The molecular weight excluding hydrogens is 280 g/mol. The monoisotopic (exact) mass is 298 g/mol. The van der Waals surface area contributed by atoms with Gasteiger partial charge in [0.15, 0.2) is 0 Å². The molecule has 1 aliphatic heterocycles. The number of benzene rings is 1. The van der Waals surface area contributed by atoms with Crippen LogP contribution in [0.5, 0.6) is 0 Å². The second-order valence-electron chi connectivity index (χ2n) is 4.34. The smallest absolute Gasteiger partial charge is 0.321 e. The predicted molar refractivity (Wildman–Crippen MR) is 81.6 cm³/mol. The van der Waals surface area contributed by atoms with Crippen molar-refractivity contribution >= 4 is 35.7 Å². The summed E-state index contributed by atoms with van der Waals surface area (Å²) in [7, 11) is 1.81. The van der Waals surface area contributed by atoms with Crippen LogP contribution in [0.2, 0.25) is 0 Å². The summed E-state index contributed by atoms with van der Waals surface area (Å²) in [5, 5.41) is 8.49. The van der Waals surface area contributed by atoms with Crippen LogP contribution in [0.4, 0.5) is 16.2 Å². The first-order valence-corrected chi connectivity index (χ1v) is 6.30. The molecule has 1 aliphatic rings. The number of nitrogens with one attached hydrogen (secondary N) is 3. The summed E-state index contributed by atoms with van der Waals surface area (Å²) in [5.41, 5.74) is 1.50. The minimum Gasteiger partial charge on any atom is -0.336 e. The van der Waals surface area contributed by atoms with Gasteiger partial charge in [-0.15, -0.1) is 12.4 Å². The van der Waals surface area contributed by atoms with Gasteiger partial charge < -0.3 is 16.0 Å². The molecule has 0 aromatic heterocycles. The molecule has 0 saturated carbocycles. The number of halogens is 1.